The first-order chi connectivity index (χ1) is 10.0. The summed E-state index contributed by atoms with van der Waals surface area (Å²) in [5, 5.41) is 6.08. The lowest BCUT2D eigenvalue weighted by atomic mass is 10.3. The van der Waals surface area contributed by atoms with Crippen LogP contribution in [0.15, 0.2) is 24.3 Å². The number of rotatable bonds is 5. The Morgan fingerprint density at radius 3 is 2.57 bits per heavy atom. The van der Waals surface area contributed by atoms with Gasteiger partial charge in [-0.25, -0.2) is 13.8 Å². The van der Waals surface area contributed by atoms with Gasteiger partial charge in [0.1, 0.15) is 0 Å². The van der Waals surface area contributed by atoms with Crippen molar-refractivity contribution in [3.05, 3.63) is 45.9 Å². The molecule has 0 saturated heterocycles. The standard InChI is InChI=1S/C14H13Cl2F2N3/c1-2-6-19-13-9(17)7-10(18)14(21-13)20-11-5-3-4-8(15)12(11)16/h3-5,7H,2,6H2,1H3,(H2,19,20,21). The van der Waals surface area contributed by atoms with Gasteiger partial charge in [-0.2, -0.15) is 0 Å². The molecule has 0 aliphatic heterocycles. The van der Waals surface area contributed by atoms with E-state index < -0.39 is 11.6 Å². The Morgan fingerprint density at radius 1 is 1.14 bits per heavy atom. The van der Waals surface area contributed by atoms with E-state index in [-0.39, 0.29) is 16.7 Å². The zero-order valence-electron chi connectivity index (χ0n) is 11.2. The number of pyridine rings is 1. The van der Waals surface area contributed by atoms with Crippen LogP contribution in [0, 0.1) is 11.6 Å². The fourth-order valence-electron chi connectivity index (χ4n) is 1.65. The van der Waals surface area contributed by atoms with Gasteiger partial charge >= 0.3 is 0 Å². The second-order valence-electron chi connectivity index (χ2n) is 4.30. The van der Waals surface area contributed by atoms with E-state index in [0.29, 0.717) is 17.3 Å². The van der Waals surface area contributed by atoms with E-state index in [0.717, 1.165) is 12.5 Å². The SMILES string of the molecule is CCCNc1nc(Nc2cccc(Cl)c2Cl)c(F)cc1F. The van der Waals surface area contributed by atoms with Crippen molar-refractivity contribution < 1.29 is 8.78 Å². The summed E-state index contributed by atoms with van der Waals surface area (Å²) in [4.78, 5) is 3.90. The average molecular weight is 332 g/mol. The molecule has 3 nitrogen and oxygen atoms in total. The minimum atomic E-state index is -0.814. The molecule has 1 aromatic carbocycles. The van der Waals surface area contributed by atoms with Crippen molar-refractivity contribution in [2.45, 2.75) is 13.3 Å². The van der Waals surface area contributed by atoms with Gasteiger partial charge in [0.25, 0.3) is 0 Å². The number of hydrogen-bond acceptors (Lipinski definition) is 3. The van der Waals surface area contributed by atoms with Crippen LogP contribution in [0.25, 0.3) is 0 Å². The fraction of sp³-hybridized carbons (Fsp3) is 0.214. The minimum Gasteiger partial charge on any atom is -0.368 e. The first-order valence-corrected chi connectivity index (χ1v) is 7.09. The van der Waals surface area contributed by atoms with Crippen molar-refractivity contribution in [3.8, 4) is 0 Å². The normalized spacial score (nSPS) is 10.5. The molecule has 21 heavy (non-hydrogen) atoms. The first-order valence-electron chi connectivity index (χ1n) is 6.34. The van der Waals surface area contributed by atoms with Crippen LogP contribution in [0.2, 0.25) is 10.0 Å². The van der Waals surface area contributed by atoms with E-state index in [9.17, 15) is 8.78 Å². The van der Waals surface area contributed by atoms with Crippen molar-refractivity contribution in [2.75, 3.05) is 17.2 Å². The highest BCUT2D eigenvalue weighted by atomic mass is 35.5. The van der Waals surface area contributed by atoms with Crippen LogP contribution in [0.1, 0.15) is 13.3 Å². The summed E-state index contributed by atoms with van der Waals surface area (Å²) in [6.45, 7) is 2.46. The van der Waals surface area contributed by atoms with Gasteiger partial charge in [0.15, 0.2) is 23.3 Å². The zero-order chi connectivity index (χ0) is 15.4. The molecular weight excluding hydrogens is 319 g/mol. The van der Waals surface area contributed by atoms with Crippen LogP contribution in [0.4, 0.5) is 26.1 Å². The maximum atomic E-state index is 13.8. The lowest BCUT2D eigenvalue weighted by Crippen LogP contribution is -2.07. The van der Waals surface area contributed by atoms with Crippen LogP contribution in [-0.2, 0) is 0 Å². The number of nitrogens with one attached hydrogen (secondary N) is 2. The van der Waals surface area contributed by atoms with Gasteiger partial charge in [-0.15, -0.1) is 0 Å². The molecule has 2 aromatic rings. The van der Waals surface area contributed by atoms with E-state index in [1.165, 1.54) is 0 Å². The molecule has 2 rings (SSSR count). The van der Waals surface area contributed by atoms with Crippen LogP contribution in [-0.4, -0.2) is 11.5 Å². The van der Waals surface area contributed by atoms with Crippen molar-refractivity contribution in [3.63, 3.8) is 0 Å². The first kappa shape index (κ1) is 15.8. The van der Waals surface area contributed by atoms with Crippen molar-refractivity contribution in [1.29, 1.82) is 0 Å². The van der Waals surface area contributed by atoms with E-state index >= 15 is 0 Å². The molecule has 0 bridgehead atoms. The van der Waals surface area contributed by atoms with Crippen LogP contribution in [0.3, 0.4) is 0 Å². The largest absolute Gasteiger partial charge is 0.368 e. The summed E-state index contributed by atoms with van der Waals surface area (Å²) in [5.41, 5.74) is 0.392. The molecule has 112 valence electrons. The topological polar surface area (TPSA) is 37.0 Å². The molecule has 2 N–H and O–H groups in total. The second-order valence-corrected chi connectivity index (χ2v) is 5.09. The Labute approximate surface area is 131 Å². The second kappa shape index (κ2) is 6.91. The maximum Gasteiger partial charge on any atom is 0.169 e. The van der Waals surface area contributed by atoms with E-state index in [4.69, 9.17) is 23.2 Å². The van der Waals surface area contributed by atoms with Crippen LogP contribution in [0.5, 0.6) is 0 Å². The molecule has 0 spiro atoms. The van der Waals surface area contributed by atoms with Crippen molar-refractivity contribution in [1.82, 2.24) is 4.98 Å². The molecule has 0 saturated carbocycles. The Balaban J connectivity index is 2.33. The number of hydrogen-bond donors (Lipinski definition) is 2. The highest BCUT2D eigenvalue weighted by molar-refractivity contribution is 6.43. The molecule has 0 atom stereocenters. The molecule has 0 unspecified atom stereocenters. The van der Waals surface area contributed by atoms with Gasteiger partial charge in [-0.3, -0.25) is 0 Å². The number of benzene rings is 1. The van der Waals surface area contributed by atoms with Gasteiger partial charge in [-0.05, 0) is 18.6 Å². The smallest absolute Gasteiger partial charge is 0.169 e. The lowest BCUT2D eigenvalue weighted by molar-refractivity contribution is 0.579. The van der Waals surface area contributed by atoms with Gasteiger partial charge in [0.05, 0.1) is 15.7 Å². The number of nitrogens with zero attached hydrogens (tertiary/aromatic N) is 1. The molecule has 1 aromatic heterocycles. The highest BCUT2D eigenvalue weighted by Gasteiger charge is 2.13. The minimum absolute atomic E-state index is 0.0149. The fourth-order valence-corrected chi connectivity index (χ4v) is 2.00. The van der Waals surface area contributed by atoms with E-state index in [1.54, 1.807) is 18.2 Å². The molecule has 0 amide bonds. The summed E-state index contributed by atoms with van der Waals surface area (Å²) in [6, 6.07) is 5.66. The monoisotopic (exact) mass is 331 g/mol. The molecule has 1 heterocycles. The van der Waals surface area contributed by atoms with E-state index in [1.807, 2.05) is 6.92 Å². The molecule has 0 radical (unpaired) electrons. The lowest BCUT2D eigenvalue weighted by Gasteiger charge is -2.12. The molecular formula is C14H13Cl2F2N3. The predicted molar refractivity (Wildman–Crippen MR) is 82.7 cm³/mol. The van der Waals surface area contributed by atoms with Gasteiger partial charge < -0.3 is 10.6 Å². The third-order valence-corrected chi connectivity index (χ3v) is 3.50. The average Bonchev–Trinajstić information content (AvgIpc) is 2.45. The van der Waals surface area contributed by atoms with Gasteiger partial charge in [0, 0.05) is 12.6 Å². The third kappa shape index (κ3) is 3.74. The van der Waals surface area contributed by atoms with Crippen molar-refractivity contribution in [2.24, 2.45) is 0 Å². The Kier molecular flexibility index (Phi) is 5.20. The van der Waals surface area contributed by atoms with Gasteiger partial charge in [-0.1, -0.05) is 36.2 Å². The van der Waals surface area contributed by atoms with Crippen LogP contribution >= 0.6 is 23.2 Å². The van der Waals surface area contributed by atoms with Crippen LogP contribution < -0.4 is 10.6 Å². The molecule has 7 heteroatoms. The Morgan fingerprint density at radius 2 is 1.86 bits per heavy atom. The Hall–Kier alpha value is -1.59. The molecule has 0 fully saturated rings. The summed E-state index contributed by atoms with van der Waals surface area (Å²) in [7, 11) is 0. The van der Waals surface area contributed by atoms with Crippen molar-refractivity contribution >= 4 is 40.5 Å². The predicted octanol–water partition coefficient (Wildman–Crippen LogP) is 5.23. The van der Waals surface area contributed by atoms with E-state index in [2.05, 4.69) is 15.6 Å². The summed E-state index contributed by atoms with van der Waals surface area (Å²) in [5.74, 6) is -1.70. The zero-order valence-corrected chi connectivity index (χ0v) is 12.7. The molecule has 0 aliphatic carbocycles. The highest BCUT2D eigenvalue weighted by Crippen LogP contribution is 2.32. The Bertz CT molecular complexity index is 650. The van der Waals surface area contributed by atoms with Gasteiger partial charge in [0.2, 0.25) is 0 Å². The maximum absolute atomic E-state index is 13.8. The summed E-state index contributed by atoms with van der Waals surface area (Å²) >= 11 is 11.9. The quantitative estimate of drug-likeness (QED) is 0.787. The third-order valence-electron chi connectivity index (χ3n) is 2.68. The summed E-state index contributed by atoms with van der Waals surface area (Å²) in [6.07, 6.45) is 0.793. The molecule has 0 aliphatic rings. The number of anilines is 3. The number of halogens is 4. The number of aromatic nitrogens is 1. The summed E-state index contributed by atoms with van der Waals surface area (Å²) < 4.78 is 27.4.